The van der Waals surface area contributed by atoms with E-state index in [-0.39, 0.29) is 34.4 Å². The van der Waals surface area contributed by atoms with Crippen LogP contribution in [-0.4, -0.2) is 82.5 Å². The van der Waals surface area contributed by atoms with Crippen molar-refractivity contribution in [2.45, 2.75) is 87.9 Å². The van der Waals surface area contributed by atoms with Gasteiger partial charge in [-0.05, 0) is 183 Å². The van der Waals surface area contributed by atoms with E-state index in [0.29, 0.717) is 65.0 Å². The van der Waals surface area contributed by atoms with Crippen LogP contribution in [0.1, 0.15) is 84.5 Å². The standard InChI is InChI=1S/C29H30F6N4OS.C29H28F6N4OS/c2*1-3-16-15-39-9-7-17(16)10-25(39)26(22-6-8-36-24-5-4-21(40-2)14-23(22)24)38-27(41)37-20-12-18(28(30,31)32)11-19(13-20)29(33,34)35/h4-6,8,11-14,16-17,25-26H,3,7,9-10,15H2,1-2H3,(H2,37,38,41);3-6,8,11-14,16-17,25-26H,1,7,9-10,15H2,2H3,(H2,37,38,41)/t2*16?,17?,25?,26-/m00/s1. The third-order valence-electron chi connectivity index (χ3n) is 16.3. The molecular weight excluding hydrogens is 1130 g/mol. The number of ether oxygens (including phenoxy) is 2. The number of nitrogens with one attached hydrogen (secondary N) is 4. The van der Waals surface area contributed by atoms with Gasteiger partial charge in [0, 0.05) is 59.7 Å². The molecule has 6 saturated heterocycles. The Morgan fingerprint density at radius 3 is 1.34 bits per heavy atom. The Balaban J connectivity index is 0.000000198. The van der Waals surface area contributed by atoms with Crippen molar-refractivity contribution in [3.05, 3.63) is 143 Å². The highest BCUT2D eigenvalue weighted by atomic mass is 32.1. The number of aromatic nitrogens is 2. The van der Waals surface area contributed by atoms with E-state index in [1.165, 1.54) is 0 Å². The second-order valence-electron chi connectivity index (χ2n) is 21.1. The average molecular weight is 1190 g/mol. The first-order valence-electron chi connectivity index (χ1n) is 26.4. The molecule has 82 heavy (non-hydrogen) atoms. The van der Waals surface area contributed by atoms with Crippen LogP contribution in [0.2, 0.25) is 0 Å². The molecule has 2 aromatic heterocycles. The quantitative estimate of drug-likeness (QED) is 0.0534. The number of piperidine rings is 6. The van der Waals surface area contributed by atoms with E-state index in [1.54, 1.807) is 38.7 Å². The number of alkyl halides is 12. The van der Waals surface area contributed by atoms with Crippen LogP contribution in [-0.2, 0) is 24.7 Å². The Labute approximate surface area is 476 Å². The van der Waals surface area contributed by atoms with Gasteiger partial charge < -0.3 is 30.7 Å². The monoisotopic (exact) mass is 1190 g/mol. The summed E-state index contributed by atoms with van der Waals surface area (Å²) < 4.78 is 172. The molecule has 0 aliphatic carbocycles. The molecule has 4 aromatic carbocycles. The van der Waals surface area contributed by atoms with Gasteiger partial charge in [0.2, 0.25) is 0 Å². The van der Waals surface area contributed by atoms with Crippen molar-refractivity contribution in [3.8, 4) is 11.5 Å². The number of methoxy groups -OCH3 is 2. The van der Waals surface area contributed by atoms with Crippen molar-refractivity contribution in [2.24, 2.45) is 23.7 Å². The molecule has 8 heterocycles. The second kappa shape index (κ2) is 24.0. The third-order valence-corrected chi connectivity index (χ3v) is 16.7. The number of anilines is 2. The highest BCUT2D eigenvalue weighted by Gasteiger charge is 2.46. The topological polar surface area (TPSA) is 98.8 Å². The Morgan fingerprint density at radius 1 is 0.598 bits per heavy atom. The van der Waals surface area contributed by atoms with Crippen molar-refractivity contribution in [1.82, 2.24) is 30.4 Å². The molecule has 6 aliphatic heterocycles. The fourth-order valence-corrected chi connectivity index (χ4v) is 12.7. The Morgan fingerprint density at radius 2 is 1.00 bits per heavy atom. The zero-order chi connectivity index (χ0) is 59.1. The van der Waals surface area contributed by atoms with Crippen molar-refractivity contribution in [3.63, 3.8) is 0 Å². The molecule has 8 unspecified atom stereocenters. The number of nitrogens with zero attached hydrogens (tertiary/aromatic N) is 4. The van der Waals surface area contributed by atoms with Gasteiger partial charge in [-0.15, -0.1) is 6.58 Å². The molecule has 10 nitrogen and oxygen atoms in total. The Hall–Kier alpha value is -6.50. The second-order valence-corrected chi connectivity index (χ2v) is 21.9. The van der Waals surface area contributed by atoms with Gasteiger partial charge >= 0.3 is 24.7 Å². The number of pyridine rings is 2. The number of fused-ring (bicyclic) bond motifs is 8. The highest BCUT2D eigenvalue weighted by molar-refractivity contribution is 7.80. The molecule has 0 amide bonds. The molecule has 4 N–H and O–H groups in total. The zero-order valence-electron chi connectivity index (χ0n) is 44.5. The smallest absolute Gasteiger partial charge is 0.416 e. The van der Waals surface area contributed by atoms with Crippen LogP contribution in [0.15, 0.2) is 110 Å². The molecule has 12 rings (SSSR count). The molecular formula is C58H58F12N8O2S2. The molecule has 438 valence electrons. The van der Waals surface area contributed by atoms with Crippen molar-refractivity contribution >= 4 is 67.8 Å². The first-order chi connectivity index (χ1) is 38.7. The molecule has 4 bridgehead atoms. The van der Waals surface area contributed by atoms with E-state index >= 15 is 0 Å². The fourth-order valence-electron chi connectivity index (χ4n) is 12.2. The molecule has 6 aromatic rings. The van der Waals surface area contributed by atoms with Gasteiger partial charge in [0.25, 0.3) is 0 Å². The minimum atomic E-state index is -4.97. The van der Waals surface area contributed by atoms with Gasteiger partial charge in [0.1, 0.15) is 11.5 Å². The van der Waals surface area contributed by atoms with Crippen molar-refractivity contribution in [2.75, 3.05) is 51.0 Å². The van der Waals surface area contributed by atoms with Gasteiger partial charge in [0.05, 0.1) is 59.6 Å². The summed E-state index contributed by atoms with van der Waals surface area (Å²) >= 11 is 11.0. The normalized spacial score (nSPS) is 23.3. The van der Waals surface area contributed by atoms with Crippen LogP contribution < -0.4 is 30.7 Å². The molecule has 6 fully saturated rings. The highest BCUT2D eigenvalue weighted by Crippen LogP contribution is 2.46. The molecule has 0 spiro atoms. The predicted octanol–water partition coefficient (Wildman–Crippen LogP) is 14.6. The van der Waals surface area contributed by atoms with Crippen LogP contribution in [0.3, 0.4) is 0 Å². The maximum absolute atomic E-state index is 13.4. The molecule has 24 heteroatoms. The van der Waals surface area contributed by atoms with E-state index in [1.807, 2.05) is 42.5 Å². The fraction of sp³-hybridized carbons (Fsp3) is 0.414. The minimum Gasteiger partial charge on any atom is -0.497 e. The van der Waals surface area contributed by atoms with Gasteiger partial charge in [-0.2, -0.15) is 52.7 Å². The van der Waals surface area contributed by atoms with E-state index in [0.717, 1.165) is 85.7 Å². The number of halogens is 12. The van der Waals surface area contributed by atoms with Gasteiger partial charge in [-0.3, -0.25) is 19.8 Å². The lowest BCUT2D eigenvalue weighted by Gasteiger charge is -2.52. The molecule has 0 saturated carbocycles. The first-order valence-corrected chi connectivity index (χ1v) is 27.3. The maximum atomic E-state index is 13.4. The molecule has 0 radical (unpaired) electrons. The summed E-state index contributed by atoms with van der Waals surface area (Å²) in [5.41, 5.74) is -3.35. The van der Waals surface area contributed by atoms with E-state index in [2.05, 4.69) is 54.5 Å². The summed E-state index contributed by atoms with van der Waals surface area (Å²) in [6, 6.07) is 16.5. The van der Waals surface area contributed by atoms with Crippen molar-refractivity contribution in [1.29, 1.82) is 0 Å². The lowest BCUT2D eigenvalue weighted by atomic mass is 9.72. The lowest BCUT2D eigenvalue weighted by molar-refractivity contribution is -0.144. The number of hydrogen-bond donors (Lipinski definition) is 4. The van der Waals surface area contributed by atoms with E-state index in [4.69, 9.17) is 33.9 Å². The first kappa shape index (κ1) is 60.1. The van der Waals surface area contributed by atoms with Gasteiger partial charge in [-0.1, -0.05) is 19.4 Å². The average Bonchev–Trinajstić information content (AvgIpc) is 3.65. The summed E-state index contributed by atoms with van der Waals surface area (Å²) in [6.07, 6.45) is -9.69. The maximum Gasteiger partial charge on any atom is 0.416 e. The lowest BCUT2D eigenvalue weighted by Crippen LogP contribution is -2.58. The van der Waals surface area contributed by atoms with Crippen LogP contribution >= 0.6 is 24.4 Å². The van der Waals surface area contributed by atoms with E-state index in [9.17, 15) is 52.7 Å². The summed E-state index contributed by atoms with van der Waals surface area (Å²) in [7, 11) is 3.12. The Kier molecular flexibility index (Phi) is 17.6. The van der Waals surface area contributed by atoms with Crippen LogP contribution in [0.25, 0.3) is 21.8 Å². The summed E-state index contributed by atoms with van der Waals surface area (Å²) in [5, 5.41) is 13.1. The minimum absolute atomic E-state index is 0.000321. The van der Waals surface area contributed by atoms with Gasteiger partial charge in [0.15, 0.2) is 10.2 Å². The van der Waals surface area contributed by atoms with Crippen LogP contribution in [0.4, 0.5) is 64.1 Å². The summed E-state index contributed by atoms with van der Waals surface area (Å²) in [6.45, 7) is 9.63. The summed E-state index contributed by atoms with van der Waals surface area (Å²) in [4.78, 5) is 13.7. The largest absolute Gasteiger partial charge is 0.497 e. The van der Waals surface area contributed by atoms with E-state index < -0.39 is 70.4 Å². The van der Waals surface area contributed by atoms with Crippen LogP contribution in [0.5, 0.6) is 11.5 Å². The number of benzene rings is 4. The van der Waals surface area contributed by atoms with Crippen LogP contribution in [0, 0.1) is 23.7 Å². The number of thiocarbonyl (C=S) groups is 2. The van der Waals surface area contributed by atoms with Crippen molar-refractivity contribution < 1.29 is 62.2 Å². The number of rotatable bonds is 12. The SMILES string of the molecule is C=CC1CN2CCC1CC2[C@@H](NC(=S)Nc1cc(C(F)(F)F)cc(C(F)(F)F)c1)c1ccnc2ccc(OC)cc12.CCC1CN2CCC1CC2[C@@H](NC(=S)Nc1cc(C(F)(F)F)cc(C(F)(F)F)c1)c1ccnc2ccc(OC)cc12. The number of hydrogen-bond acceptors (Lipinski definition) is 8. The summed E-state index contributed by atoms with van der Waals surface area (Å²) in [5.74, 6) is 3.07. The van der Waals surface area contributed by atoms with Gasteiger partial charge in [-0.25, -0.2) is 0 Å². The zero-order valence-corrected chi connectivity index (χ0v) is 46.1. The predicted molar refractivity (Wildman–Crippen MR) is 297 cm³/mol. The third kappa shape index (κ3) is 13.4. The Bertz CT molecular complexity index is 3260. The molecule has 10 atom stereocenters. The molecule has 6 aliphatic rings.